The van der Waals surface area contributed by atoms with E-state index in [1.807, 2.05) is 6.07 Å². The zero-order valence-electron chi connectivity index (χ0n) is 9.33. The number of pyridine rings is 1. The summed E-state index contributed by atoms with van der Waals surface area (Å²) in [6.07, 6.45) is 0. The number of aromatic nitrogens is 1. The molecule has 1 heterocycles. The summed E-state index contributed by atoms with van der Waals surface area (Å²) < 4.78 is 0. The van der Waals surface area contributed by atoms with Crippen LogP contribution in [0, 0.1) is 10.1 Å². The fourth-order valence-corrected chi connectivity index (χ4v) is 2.04. The molecule has 0 aliphatic heterocycles. The maximum absolute atomic E-state index is 11.0. The van der Waals surface area contributed by atoms with Gasteiger partial charge in [-0.15, -0.1) is 0 Å². The normalized spacial score (nSPS) is 10.9. The lowest BCUT2D eigenvalue weighted by Gasteiger charge is -2.04. The molecule has 0 aliphatic carbocycles. The number of nitrogen functional groups attached to an aromatic ring is 1. The molecule has 0 radical (unpaired) electrons. The molecule has 0 unspecified atom stereocenters. The fraction of sp³-hybridized carbons (Fsp3) is 0. The van der Waals surface area contributed by atoms with Crippen molar-refractivity contribution < 1.29 is 4.92 Å². The Morgan fingerprint density at radius 1 is 1.17 bits per heavy atom. The molecule has 5 heteroatoms. The first kappa shape index (κ1) is 10.5. The number of rotatable bonds is 1. The van der Waals surface area contributed by atoms with Gasteiger partial charge in [0.05, 0.1) is 10.4 Å². The highest BCUT2D eigenvalue weighted by atomic mass is 16.6. The highest BCUT2D eigenvalue weighted by molar-refractivity contribution is 6.01. The number of anilines is 1. The number of non-ortho nitro benzene ring substituents is 1. The van der Waals surface area contributed by atoms with Crippen LogP contribution in [0.4, 0.5) is 11.4 Å². The Morgan fingerprint density at radius 2 is 1.94 bits per heavy atom. The molecule has 2 aromatic carbocycles. The van der Waals surface area contributed by atoms with Crippen LogP contribution in [0.25, 0.3) is 21.8 Å². The number of para-hydroxylation sites is 1. The van der Waals surface area contributed by atoms with Crippen molar-refractivity contribution in [3.63, 3.8) is 0 Å². The van der Waals surface area contributed by atoms with E-state index in [1.165, 1.54) is 6.07 Å². The summed E-state index contributed by atoms with van der Waals surface area (Å²) in [6, 6.07) is 12.1. The van der Waals surface area contributed by atoms with E-state index in [4.69, 9.17) is 5.73 Å². The Bertz CT molecular complexity index is 784. The monoisotopic (exact) mass is 239 g/mol. The molecule has 3 aromatic rings. The zero-order chi connectivity index (χ0) is 12.7. The second-order valence-corrected chi connectivity index (χ2v) is 4.01. The van der Waals surface area contributed by atoms with Gasteiger partial charge in [-0.05, 0) is 18.2 Å². The van der Waals surface area contributed by atoms with Gasteiger partial charge in [-0.3, -0.25) is 10.1 Å². The van der Waals surface area contributed by atoms with Crippen LogP contribution < -0.4 is 5.73 Å². The number of fused-ring (bicyclic) bond motifs is 2. The maximum Gasteiger partial charge on any atom is 0.295 e. The van der Waals surface area contributed by atoms with Crippen molar-refractivity contribution in [2.75, 3.05) is 5.73 Å². The Labute approximate surface area is 102 Å². The summed E-state index contributed by atoms with van der Waals surface area (Å²) in [5.74, 6) is 0. The van der Waals surface area contributed by atoms with Crippen LogP contribution in [0.3, 0.4) is 0 Å². The van der Waals surface area contributed by atoms with Gasteiger partial charge in [0.15, 0.2) is 0 Å². The number of nitro groups is 1. The summed E-state index contributed by atoms with van der Waals surface area (Å²) in [5.41, 5.74) is 7.55. The summed E-state index contributed by atoms with van der Waals surface area (Å²) in [7, 11) is 0. The number of nitrogens with two attached hydrogens (primary N) is 1. The quantitative estimate of drug-likeness (QED) is 0.306. The smallest absolute Gasteiger partial charge is 0.295 e. The van der Waals surface area contributed by atoms with Gasteiger partial charge in [0.25, 0.3) is 5.69 Å². The van der Waals surface area contributed by atoms with Crippen LogP contribution in [-0.4, -0.2) is 9.91 Å². The summed E-state index contributed by atoms with van der Waals surface area (Å²) in [5, 5.41) is 12.5. The minimum absolute atomic E-state index is 0.0109. The molecule has 0 atom stereocenters. The molecule has 0 bridgehead atoms. The van der Waals surface area contributed by atoms with Crippen LogP contribution in [0.15, 0.2) is 42.5 Å². The molecule has 3 rings (SSSR count). The average molecular weight is 239 g/mol. The number of hydrogen-bond acceptors (Lipinski definition) is 4. The van der Waals surface area contributed by atoms with E-state index in [2.05, 4.69) is 4.98 Å². The molecule has 0 aliphatic rings. The van der Waals surface area contributed by atoms with Crippen molar-refractivity contribution in [1.82, 2.24) is 4.98 Å². The summed E-state index contributed by atoms with van der Waals surface area (Å²) >= 11 is 0. The summed E-state index contributed by atoms with van der Waals surface area (Å²) in [4.78, 5) is 14.9. The van der Waals surface area contributed by atoms with Crippen molar-refractivity contribution in [2.45, 2.75) is 0 Å². The molecule has 0 spiro atoms. The van der Waals surface area contributed by atoms with E-state index in [0.717, 1.165) is 10.8 Å². The Balaban J connectivity index is 2.49. The number of nitro benzene ring substituents is 1. The standard InChI is InChI=1S/C13H9N3O2/c14-10-4-2-5-11-9(10)7-8-3-1-6-12(16(17)18)13(8)15-11/h1-7H,14H2. The second kappa shape index (κ2) is 3.66. The Morgan fingerprint density at radius 3 is 2.72 bits per heavy atom. The van der Waals surface area contributed by atoms with E-state index in [-0.39, 0.29) is 5.69 Å². The van der Waals surface area contributed by atoms with E-state index in [9.17, 15) is 10.1 Å². The van der Waals surface area contributed by atoms with Crippen LogP contribution in [0.2, 0.25) is 0 Å². The largest absolute Gasteiger partial charge is 0.398 e. The molecule has 0 fully saturated rings. The molecular formula is C13H9N3O2. The highest BCUT2D eigenvalue weighted by Crippen LogP contribution is 2.28. The van der Waals surface area contributed by atoms with E-state index >= 15 is 0 Å². The maximum atomic E-state index is 11.0. The van der Waals surface area contributed by atoms with Crippen molar-refractivity contribution in [3.05, 3.63) is 52.6 Å². The van der Waals surface area contributed by atoms with Crippen LogP contribution >= 0.6 is 0 Å². The zero-order valence-corrected chi connectivity index (χ0v) is 9.33. The van der Waals surface area contributed by atoms with E-state index in [1.54, 1.807) is 30.3 Å². The van der Waals surface area contributed by atoms with Gasteiger partial charge in [-0.2, -0.15) is 0 Å². The predicted octanol–water partition coefficient (Wildman–Crippen LogP) is 2.88. The molecule has 0 saturated heterocycles. The third-order valence-corrected chi connectivity index (χ3v) is 2.89. The van der Waals surface area contributed by atoms with Crippen molar-refractivity contribution >= 4 is 33.2 Å². The van der Waals surface area contributed by atoms with Crippen molar-refractivity contribution in [3.8, 4) is 0 Å². The topological polar surface area (TPSA) is 82.0 Å². The van der Waals surface area contributed by atoms with Crippen LogP contribution in [-0.2, 0) is 0 Å². The molecule has 88 valence electrons. The molecule has 0 amide bonds. The first-order chi connectivity index (χ1) is 8.66. The molecular weight excluding hydrogens is 230 g/mol. The highest BCUT2D eigenvalue weighted by Gasteiger charge is 2.13. The van der Waals surface area contributed by atoms with Crippen LogP contribution in [0.1, 0.15) is 0 Å². The number of hydrogen-bond donors (Lipinski definition) is 1. The van der Waals surface area contributed by atoms with Crippen molar-refractivity contribution in [1.29, 1.82) is 0 Å². The first-order valence-corrected chi connectivity index (χ1v) is 5.39. The lowest BCUT2D eigenvalue weighted by Crippen LogP contribution is -1.93. The van der Waals surface area contributed by atoms with Crippen molar-refractivity contribution in [2.24, 2.45) is 0 Å². The molecule has 2 N–H and O–H groups in total. The van der Waals surface area contributed by atoms with Gasteiger partial charge in [-0.1, -0.05) is 18.2 Å². The molecule has 5 nitrogen and oxygen atoms in total. The second-order valence-electron chi connectivity index (χ2n) is 4.01. The average Bonchev–Trinajstić information content (AvgIpc) is 2.36. The van der Waals surface area contributed by atoms with E-state index in [0.29, 0.717) is 16.7 Å². The minimum atomic E-state index is -0.423. The van der Waals surface area contributed by atoms with E-state index < -0.39 is 4.92 Å². The number of benzene rings is 2. The summed E-state index contributed by atoms with van der Waals surface area (Å²) in [6.45, 7) is 0. The van der Waals surface area contributed by atoms with Gasteiger partial charge in [0.1, 0.15) is 5.52 Å². The Hall–Kier alpha value is -2.69. The minimum Gasteiger partial charge on any atom is -0.398 e. The molecule has 18 heavy (non-hydrogen) atoms. The first-order valence-electron chi connectivity index (χ1n) is 5.39. The fourth-order valence-electron chi connectivity index (χ4n) is 2.04. The predicted molar refractivity (Wildman–Crippen MR) is 70.3 cm³/mol. The SMILES string of the molecule is Nc1cccc2nc3c([N+](=O)[O-])cccc3cc12. The molecule has 0 saturated carbocycles. The van der Waals surface area contributed by atoms with Gasteiger partial charge in [0, 0.05) is 22.5 Å². The Kier molecular flexibility index (Phi) is 2.13. The third-order valence-electron chi connectivity index (χ3n) is 2.89. The lowest BCUT2D eigenvalue weighted by molar-refractivity contribution is -0.383. The van der Waals surface area contributed by atoms with Crippen LogP contribution in [0.5, 0.6) is 0 Å². The van der Waals surface area contributed by atoms with Gasteiger partial charge in [0.2, 0.25) is 0 Å². The van der Waals surface area contributed by atoms with Gasteiger partial charge < -0.3 is 5.73 Å². The third kappa shape index (κ3) is 1.45. The van der Waals surface area contributed by atoms with Gasteiger partial charge in [-0.25, -0.2) is 4.98 Å². The number of nitrogens with zero attached hydrogens (tertiary/aromatic N) is 2. The lowest BCUT2D eigenvalue weighted by atomic mass is 10.1. The molecule has 1 aromatic heterocycles. The van der Waals surface area contributed by atoms with Gasteiger partial charge >= 0.3 is 0 Å².